The molecular formula is C25H32N2O2. The number of carbonyl (C=O) groups is 1. The molecule has 0 aromatic heterocycles. The van der Waals surface area contributed by atoms with Crippen LogP contribution in [0.4, 0.5) is 10.5 Å². The van der Waals surface area contributed by atoms with Crippen LogP contribution < -0.4 is 5.32 Å². The molecule has 2 aliphatic rings. The molecule has 0 spiro atoms. The van der Waals surface area contributed by atoms with Crippen molar-refractivity contribution in [2.75, 3.05) is 5.32 Å². The van der Waals surface area contributed by atoms with Gasteiger partial charge in [-0.3, -0.25) is 4.90 Å². The van der Waals surface area contributed by atoms with Crippen molar-refractivity contribution in [3.05, 3.63) is 65.7 Å². The summed E-state index contributed by atoms with van der Waals surface area (Å²) in [6, 6.07) is 19.5. The molecule has 4 nitrogen and oxygen atoms in total. The van der Waals surface area contributed by atoms with Crippen molar-refractivity contribution < 1.29 is 9.53 Å². The van der Waals surface area contributed by atoms with Crippen LogP contribution >= 0.6 is 0 Å². The molecule has 0 radical (unpaired) electrons. The Balaban J connectivity index is 1.46. The summed E-state index contributed by atoms with van der Waals surface area (Å²) in [6.07, 6.45) is 4.99. The third-order valence-corrected chi connectivity index (χ3v) is 6.46. The smallest absolute Gasteiger partial charge is 0.411 e. The van der Waals surface area contributed by atoms with Crippen molar-refractivity contribution in [1.82, 2.24) is 4.90 Å². The summed E-state index contributed by atoms with van der Waals surface area (Å²) in [5.41, 5.74) is 3.25. The summed E-state index contributed by atoms with van der Waals surface area (Å²) in [7, 11) is 0. The number of aryl methyl sites for hydroxylation is 1. The number of rotatable bonds is 5. The predicted molar refractivity (Wildman–Crippen MR) is 117 cm³/mol. The Morgan fingerprint density at radius 3 is 2.34 bits per heavy atom. The third kappa shape index (κ3) is 3.98. The van der Waals surface area contributed by atoms with E-state index in [1.807, 2.05) is 36.9 Å². The van der Waals surface area contributed by atoms with Gasteiger partial charge in [0.05, 0.1) is 6.04 Å². The van der Waals surface area contributed by atoms with E-state index in [2.05, 4.69) is 48.6 Å². The van der Waals surface area contributed by atoms with Gasteiger partial charge in [0.25, 0.3) is 0 Å². The number of carbonyl (C=O) groups excluding carboxylic acids is 1. The van der Waals surface area contributed by atoms with Crippen molar-refractivity contribution in [3.8, 4) is 0 Å². The normalized spacial score (nSPS) is 26.2. The van der Waals surface area contributed by atoms with Gasteiger partial charge in [0, 0.05) is 17.8 Å². The molecule has 29 heavy (non-hydrogen) atoms. The number of nitrogens with one attached hydrogen (secondary N) is 1. The summed E-state index contributed by atoms with van der Waals surface area (Å²) in [6.45, 7) is 6.25. The molecule has 4 rings (SSSR count). The van der Waals surface area contributed by atoms with Gasteiger partial charge in [-0.1, -0.05) is 55.5 Å². The molecule has 1 unspecified atom stereocenters. The summed E-state index contributed by atoms with van der Waals surface area (Å²) in [4.78, 5) is 14.8. The zero-order valence-corrected chi connectivity index (χ0v) is 17.7. The van der Waals surface area contributed by atoms with E-state index >= 15 is 0 Å². The highest BCUT2D eigenvalue weighted by Crippen LogP contribution is 2.44. The van der Waals surface area contributed by atoms with E-state index in [0.717, 1.165) is 37.7 Å². The van der Waals surface area contributed by atoms with E-state index < -0.39 is 5.60 Å². The van der Waals surface area contributed by atoms with Crippen molar-refractivity contribution in [1.29, 1.82) is 0 Å². The van der Waals surface area contributed by atoms with Gasteiger partial charge in [0.15, 0.2) is 0 Å². The van der Waals surface area contributed by atoms with Gasteiger partial charge < -0.3 is 10.1 Å². The lowest BCUT2D eigenvalue weighted by molar-refractivity contribution is 0.0664. The molecule has 1 saturated heterocycles. The maximum Gasteiger partial charge on any atom is 0.411 e. The fraction of sp³-hybridized carbons (Fsp3) is 0.480. The summed E-state index contributed by atoms with van der Waals surface area (Å²) < 4.78 is 5.81. The first-order valence-electron chi connectivity index (χ1n) is 10.9. The minimum absolute atomic E-state index is 0.0356. The molecule has 1 heterocycles. The maximum absolute atomic E-state index is 12.8. The zero-order chi connectivity index (χ0) is 20.4. The second-order valence-electron chi connectivity index (χ2n) is 8.85. The fourth-order valence-corrected chi connectivity index (χ4v) is 5.02. The molecule has 2 aromatic rings. The first kappa shape index (κ1) is 19.8. The van der Waals surface area contributed by atoms with Gasteiger partial charge in [-0.2, -0.15) is 0 Å². The molecule has 4 heteroatoms. The Morgan fingerprint density at radius 2 is 1.66 bits per heavy atom. The lowest BCUT2D eigenvalue weighted by Crippen LogP contribution is -2.44. The summed E-state index contributed by atoms with van der Waals surface area (Å²) in [5, 5.41) is 3.75. The van der Waals surface area contributed by atoms with Crippen LogP contribution in [0.1, 0.15) is 63.6 Å². The minimum Gasteiger partial charge on any atom is -0.441 e. The van der Waals surface area contributed by atoms with Crippen LogP contribution in [0, 0.1) is 0 Å². The van der Waals surface area contributed by atoms with E-state index in [1.165, 1.54) is 11.3 Å². The number of nitrogens with zero attached hydrogens (tertiary/aromatic N) is 1. The Morgan fingerprint density at radius 1 is 1.00 bits per heavy atom. The van der Waals surface area contributed by atoms with Crippen molar-refractivity contribution >= 4 is 11.8 Å². The van der Waals surface area contributed by atoms with Crippen molar-refractivity contribution in [2.45, 2.75) is 76.6 Å². The van der Waals surface area contributed by atoms with Gasteiger partial charge in [0.2, 0.25) is 0 Å². The van der Waals surface area contributed by atoms with Crippen LogP contribution in [0.2, 0.25) is 0 Å². The SMILES string of the molecule is CCc1ccccc1NC1CCC(N2C(=O)OC(C)(C)C2c2ccccc2)CC1. The third-order valence-electron chi connectivity index (χ3n) is 6.46. The number of amides is 1. The van der Waals surface area contributed by atoms with Crippen LogP contribution in [-0.4, -0.2) is 28.7 Å². The fourth-order valence-electron chi connectivity index (χ4n) is 5.02. The lowest BCUT2D eigenvalue weighted by Gasteiger charge is -2.38. The van der Waals surface area contributed by atoms with Gasteiger partial charge in [-0.05, 0) is 63.1 Å². The number of para-hydroxylation sites is 1. The molecule has 1 saturated carbocycles. The average molecular weight is 393 g/mol. The number of cyclic esters (lactones) is 1. The number of benzene rings is 2. The predicted octanol–water partition coefficient (Wildman–Crippen LogP) is 5.94. The first-order valence-corrected chi connectivity index (χ1v) is 10.9. The second kappa shape index (κ2) is 8.10. The van der Waals surface area contributed by atoms with Crippen LogP contribution in [0.15, 0.2) is 54.6 Å². The molecule has 1 aliphatic heterocycles. The maximum atomic E-state index is 12.8. The highest BCUT2D eigenvalue weighted by atomic mass is 16.6. The van der Waals surface area contributed by atoms with Crippen LogP contribution in [0.25, 0.3) is 0 Å². The van der Waals surface area contributed by atoms with E-state index in [-0.39, 0.29) is 18.2 Å². The highest BCUT2D eigenvalue weighted by Gasteiger charge is 2.51. The Kier molecular flexibility index (Phi) is 5.53. The van der Waals surface area contributed by atoms with Crippen LogP contribution in [0.5, 0.6) is 0 Å². The van der Waals surface area contributed by atoms with Gasteiger partial charge >= 0.3 is 6.09 Å². The molecule has 1 amide bonds. The lowest BCUT2D eigenvalue weighted by atomic mass is 9.86. The standard InChI is InChI=1S/C25H32N2O2/c1-4-18-10-8-9-13-22(18)26-20-14-16-21(17-15-20)27-23(19-11-6-5-7-12-19)25(2,3)29-24(27)28/h5-13,20-21,23,26H,4,14-17H2,1-3H3. The quantitative estimate of drug-likeness (QED) is 0.684. The topological polar surface area (TPSA) is 41.6 Å². The molecule has 1 N–H and O–H groups in total. The molecule has 154 valence electrons. The molecular weight excluding hydrogens is 360 g/mol. The molecule has 2 aromatic carbocycles. The highest BCUT2D eigenvalue weighted by molar-refractivity contribution is 5.72. The number of hydrogen-bond donors (Lipinski definition) is 1. The Hall–Kier alpha value is -2.49. The van der Waals surface area contributed by atoms with E-state index in [0.29, 0.717) is 6.04 Å². The second-order valence-corrected chi connectivity index (χ2v) is 8.85. The Labute approximate surface area is 174 Å². The van der Waals surface area contributed by atoms with Crippen molar-refractivity contribution in [3.63, 3.8) is 0 Å². The van der Waals surface area contributed by atoms with Gasteiger partial charge in [-0.15, -0.1) is 0 Å². The molecule has 1 aliphatic carbocycles. The van der Waals surface area contributed by atoms with Crippen molar-refractivity contribution in [2.24, 2.45) is 0 Å². The first-order chi connectivity index (χ1) is 14.0. The monoisotopic (exact) mass is 392 g/mol. The van der Waals surface area contributed by atoms with E-state index in [9.17, 15) is 4.79 Å². The van der Waals surface area contributed by atoms with Gasteiger partial charge in [0.1, 0.15) is 5.60 Å². The zero-order valence-electron chi connectivity index (χ0n) is 17.7. The minimum atomic E-state index is -0.520. The molecule has 2 fully saturated rings. The Bertz CT molecular complexity index is 841. The summed E-state index contributed by atoms with van der Waals surface area (Å²) >= 11 is 0. The summed E-state index contributed by atoms with van der Waals surface area (Å²) in [5.74, 6) is 0. The number of hydrogen-bond acceptors (Lipinski definition) is 3. The number of anilines is 1. The van der Waals surface area contributed by atoms with Crippen LogP contribution in [-0.2, 0) is 11.2 Å². The largest absolute Gasteiger partial charge is 0.441 e. The molecule has 1 atom stereocenters. The van der Waals surface area contributed by atoms with E-state index in [1.54, 1.807) is 0 Å². The van der Waals surface area contributed by atoms with Crippen LogP contribution in [0.3, 0.4) is 0 Å². The van der Waals surface area contributed by atoms with Gasteiger partial charge in [-0.25, -0.2) is 4.79 Å². The average Bonchev–Trinajstić information content (AvgIpc) is 2.98. The van der Waals surface area contributed by atoms with E-state index in [4.69, 9.17) is 4.74 Å². The molecule has 0 bridgehead atoms. The number of ether oxygens (including phenoxy) is 1.